The summed E-state index contributed by atoms with van der Waals surface area (Å²) in [6, 6.07) is 6.37. The first kappa shape index (κ1) is 17.7. The Hall–Kier alpha value is -1.33. The van der Waals surface area contributed by atoms with Gasteiger partial charge < -0.3 is 9.64 Å². The highest BCUT2D eigenvalue weighted by atomic mass is 35.5. The number of ether oxygens (including phenoxy) is 1. The Labute approximate surface area is 131 Å². The summed E-state index contributed by atoms with van der Waals surface area (Å²) in [6.07, 6.45) is 6.12. The predicted octanol–water partition coefficient (Wildman–Crippen LogP) is 3.66. The third kappa shape index (κ3) is 6.31. The molecule has 1 heterocycles. The second kappa shape index (κ2) is 9.58. The van der Waals surface area contributed by atoms with Gasteiger partial charge in [0.05, 0.1) is 17.6 Å². The van der Waals surface area contributed by atoms with E-state index >= 15 is 0 Å². The van der Waals surface area contributed by atoms with Crippen molar-refractivity contribution in [3.63, 3.8) is 0 Å². The van der Waals surface area contributed by atoms with Crippen LogP contribution in [-0.2, 0) is 0 Å². The smallest absolute Gasteiger partial charge is 0.273 e. The van der Waals surface area contributed by atoms with Gasteiger partial charge in [-0.15, -0.1) is 12.4 Å². The molecule has 1 fully saturated rings. The van der Waals surface area contributed by atoms with E-state index in [9.17, 15) is 10.1 Å². The summed E-state index contributed by atoms with van der Waals surface area (Å²) in [5.74, 6) is 0.581. The highest BCUT2D eigenvalue weighted by molar-refractivity contribution is 5.85. The summed E-state index contributed by atoms with van der Waals surface area (Å²) in [7, 11) is 0. The normalized spacial score (nSPS) is 15.2. The maximum Gasteiger partial charge on any atom is 0.273 e. The topological polar surface area (TPSA) is 55.6 Å². The molecule has 0 radical (unpaired) electrons. The van der Waals surface area contributed by atoms with E-state index < -0.39 is 4.92 Å². The third-order valence-corrected chi connectivity index (χ3v) is 3.61. The summed E-state index contributed by atoms with van der Waals surface area (Å²) in [4.78, 5) is 12.8. The lowest BCUT2D eigenvalue weighted by Gasteiger charge is -2.26. The van der Waals surface area contributed by atoms with Crippen molar-refractivity contribution in [2.24, 2.45) is 0 Å². The van der Waals surface area contributed by atoms with Crippen LogP contribution in [0.4, 0.5) is 5.69 Å². The van der Waals surface area contributed by atoms with Crippen LogP contribution in [0, 0.1) is 10.1 Å². The summed E-state index contributed by atoms with van der Waals surface area (Å²) < 4.78 is 5.56. The van der Waals surface area contributed by atoms with Crippen LogP contribution in [0.3, 0.4) is 0 Å². The Morgan fingerprint density at radius 2 is 1.95 bits per heavy atom. The summed E-state index contributed by atoms with van der Waals surface area (Å²) >= 11 is 0. The van der Waals surface area contributed by atoms with E-state index in [2.05, 4.69) is 4.90 Å². The molecule has 5 nitrogen and oxygen atoms in total. The average molecular weight is 315 g/mol. The molecule has 2 rings (SSSR count). The summed E-state index contributed by atoms with van der Waals surface area (Å²) in [5, 5.41) is 10.6. The Morgan fingerprint density at radius 3 is 2.67 bits per heavy atom. The molecular formula is C15H23ClN2O3. The molecule has 1 aromatic carbocycles. The molecule has 6 heteroatoms. The Bertz CT molecular complexity index is 437. The van der Waals surface area contributed by atoms with E-state index in [1.165, 1.54) is 44.5 Å². The molecule has 0 aromatic heterocycles. The molecule has 0 bridgehead atoms. The SMILES string of the molecule is Cl.O=[N+]([O-])c1cccc(OCCCCN2CCCCC2)c1. The first-order valence-electron chi connectivity index (χ1n) is 7.35. The highest BCUT2D eigenvalue weighted by Crippen LogP contribution is 2.19. The summed E-state index contributed by atoms with van der Waals surface area (Å²) in [5.41, 5.74) is 0.0795. The molecule has 1 aliphatic heterocycles. The van der Waals surface area contributed by atoms with Gasteiger partial charge in [0, 0.05) is 6.07 Å². The number of halogens is 1. The number of non-ortho nitro benzene ring substituents is 1. The van der Waals surface area contributed by atoms with Crippen LogP contribution in [0.25, 0.3) is 0 Å². The fourth-order valence-electron chi connectivity index (χ4n) is 2.50. The molecule has 1 aliphatic rings. The number of likely N-dealkylation sites (tertiary alicyclic amines) is 1. The van der Waals surface area contributed by atoms with Gasteiger partial charge in [-0.1, -0.05) is 12.5 Å². The van der Waals surface area contributed by atoms with E-state index in [1.807, 2.05) is 0 Å². The largest absolute Gasteiger partial charge is 0.493 e. The van der Waals surface area contributed by atoms with E-state index in [4.69, 9.17) is 4.74 Å². The van der Waals surface area contributed by atoms with Gasteiger partial charge in [-0.3, -0.25) is 10.1 Å². The molecular weight excluding hydrogens is 292 g/mol. The van der Waals surface area contributed by atoms with Crippen LogP contribution in [0.5, 0.6) is 5.75 Å². The zero-order chi connectivity index (χ0) is 14.2. The molecule has 0 atom stereocenters. The van der Waals surface area contributed by atoms with E-state index in [-0.39, 0.29) is 18.1 Å². The second-order valence-corrected chi connectivity index (χ2v) is 5.21. The molecule has 0 aliphatic carbocycles. The number of piperidine rings is 1. The first-order chi connectivity index (χ1) is 9.75. The van der Waals surface area contributed by atoms with Gasteiger partial charge in [0.15, 0.2) is 0 Å². The Balaban J connectivity index is 0.00000220. The lowest BCUT2D eigenvalue weighted by molar-refractivity contribution is -0.384. The van der Waals surface area contributed by atoms with Crippen LogP contribution >= 0.6 is 12.4 Å². The lowest BCUT2D eigenvalue weighted by Crippen LogP contribution is -2.30. The number of nitro benzene ring substituents is 1. The molecule has 1 saturated heterocycles. The highest BCUT2D eigenvalue weighted by Gasteiger charge is 2.09. The van der Waals surface area contributed by atoms with Gasteiger partial charge >= 0.3 is 0 Å². The van der Waals surface area contributed by atoms with Crippen molar-refractivity contribution in [3.8, 4) is 5.75 Å². The molecule has 0 saturated carbocycles. The molecule has 21 heavy (non-hydrogen) atoms. The molecule has 0 amide bonds. The van der Waals surface area contributed by atoms with Crippen molar-refractivity contribution in [1.29, 1.82) is 0 Å². The number of nitrogens with zero attached hydrogens (tertiary/aromatic N) is 2. The zero-order valence-corrected chi connectivity index (χ0v) is 13.0. The fourth-order valence-corrected chi connectivity index (χ4v) is 2.50. The number of hydrogen-bond donors (Lipinski definition) is 0. The van der Waals surface area contributed by atoms with Crippen molar-refractivity contribution >= 4 is 18.1 Å². The average Bonchev–Trinajstić information content (AvgIpc) is 2.48. The van der Waals surface area contributed by atoms with E-state index in [0.717, 1.165) is 19.4 Å². The van der Waals surface area contributed by atoms with Gasteiger partial charge in [-0.2, -0.15) is 0 Å². The van der Waals surface area contributed by atoms with Gasteiger partial charge in [-0.25, -0.2) is 0 Å². The Morgan fingerprint density at radius 1 is 1.19 bits per heavy atom. The van der Waals surface area contributed by atoms with Crippen molar-refractivity contribution < 1.29 is 9.66 Å². The molecule has 0 spiro atoms. The van der Waals surface area contributed by atoms with Crippen LogP contribution in [0.2, 0.25) is 0 Å². The van der Waals surface area contributed by atoms with Gasteiger partial charge in [-0.05, 0) is 51.4 Å². The minimum Gasteiger partial charge on any atom is -0.493 e. The maximum atomic E-state index is 10.6. The van der Waals surface area contributed by atoms with Crippen molar-refractivity contribution in [3.05, 3.63) is 34.4 Å². The number of unbranched alkanes of at least 4 members (excludes halogenated alkanes) is 1. The molecule has 0 N–H and O–H groups in total. The predicted molar refractivity (Wildman–Crippen MR) is 85.4 cm³/mol. The fraction of sp³-hybridized carbons (Fsp3) is 0.600. The number of rotatable bonds is 7. The zero-order valence-electron chi connectivity index (χ0n) is 12.2. The Kier molecular flexibility index (Phi) is 8.08. The first-order valence-corrected chi connectivity index (χ1v) is 7.35. The number of nitro groups is 1. The third-order valence-electron chi connectivity index (χ3n) is 3.61. The van der Waals surface area contributed by atoms with E-state index in [0.29, 0.717) is 12.4 Å². The second-order valence-electron chi connectivity index (χ2n) is 5.21. The van der Waals surface area contributed by atoms with E-state index in [1.54, 1.807) is 12.1 Å². The van der Waals surface area contributed by atoms with Crippen LogP contribution in [0.15, 0.2) is 24.3 Å². The number of benzene rings is 1. The van der Waals surface area contributed by atoms with Gasteiger partial charge in [0.1, 0.15) is 5.75 Å². The van der Waals surface area contributed by atoms with Gasteiger partial charge in [0.25, 0.3) is 5.69 Å². The molecule has 0 unspecified atom stereocenters. The van der Waals surface area contributed by atoms with Crippen molar-refractivity contribution in [2.45, 2.75) is 32.1 Å². The van der Waals surface area contributed by atoms with Crippen molar-refractivity contribution in [1.82, 2.24) is 4.90 Å². The maximum absolute atomic E-state index is 10.6. The van der Waals surface area contributed by atoms with Crippen LogP contribution in [-0.4, -0.2) is 36.1 Å². The number of hydrogen-bond acceptors (Lipinski definition) is 4. The monoisotopic (exact) mass is 314 g/mol. The van der Waals surface area contributed by atoms with Gasteiger partial charge in [0.2, 0.25) is 0 Å². The minimum atomic E-state index is -0.400. The van der Waals surface area contributed by atoms with Crippen molar-refractivity contribution in [2.75, 3.05) is 26.2 Å². The quantitative estimate of drug-likeness (QED) is 0.438. The standard InChI is InChI=1S/C15H22N2O3.ClH/c18-17(19)14-7-6-8-15(13-14)20-12-5-4-11-16-9-2-1-3-10-16;/h6-8,13H,1-5,9-12H2;1H. The van der Waals surface area contributed by atoms with Crippen LogP contribution < -0.4 is 4.74 Å². The lowest BCUT2D eigenvalue weighted by atomic mass is 10.1. The molecule has 1 aromatic rings. The summed E-state index contributed by atoms with van der Waals surface area (Å²) in [6.45, 7) is 4.21. The minimum absolute atomic E-state index is 0. The van der Waals surface area contributed by atoms with Crippen LogP contribution in [0.1, 0.15) is 32.1 Å². The molecule has 118 valence electrons.